The van der Waals surface area contributed by atoms with E-state index in [-0.39, 0.29) is 42.7 Å². The first-order valence-corrected chi connectivity index (χ1v) is 27.2. The van der Waals surface area contributed by atoms with Crippen LogP contribution in [-0.2, 0) is 28.6 Å². The number of carboxylic acids is 1. The third-order valence-electron chi connectivity index (χ3n) is 12.7. The fourth-order valence-corrected chi connectivity index (χ4v) is 8.42. The van der Waals surface area contributed by atoms with Gasteiger partial charge in [0.2, 0.25) is 0 Å². The summed E-state index contributed by atoms with van der Waals surface area (Å²) in [7, 11) is 5.43. The minimum Gasteiger partial charge on any atom is -0.544 e. The summed E-state index contributed by atoms with van der Waals surface area (Å²) in [6, 6.07) is -0.723. The number of nitrogens with zero attached hydrogens (tertiary/aromatic N) is 1. The SMILES string of the molecule is CCCCCCCCC/C=C/CCCCCCCC(=O)OCC(COCCC(C(=O)[O-])[N+](C)(C)C)OC(=O)CCCCCCCCCCCCCCCCCCCCCCCCC. The van der Waals surface area contributed by atoms with Crippen LogP contribution in [0.25, 0.3) is 0 Å². The number of hydrogen-bond acceptors (Lipinski definition) is 7. The summed E-state index contributed by atoms with van der Waals surface area (Å²) in [5, 5.41) is 11.7. The van der Waals surface area contributed by atoms with Gasteiger partial charge < -0.3 is 28.6 Å². The zero-order valence-electron chi connectivity index (χ0n) is 42.5. The molecule has 0 spiro atoms. The molecule has 2 atom stereocenters. The van der Waals surface area contributed by atoms with Crippen LogP contribution in [0.3, 0.4) is 0 Å². The standard InChI is InChI=1S/C55H105NO7/c1-6-8-10-12-14-16-18-20-22-24-25-26-27-28-29-30-32-34-36-38-40-42-44-46-54(58)63-51(49-61-48-47-52(55(59)60)56(3,4)5)50-62-53(57)45-43-41-39-37-35-33-31-23-21-19-17-15-13-11-9-7-2/h23,31,51-52H,6-22,24-30,32-50H2,1-5H3/b31-23+. The Labute approximate surface area is 390 Å². The summed E-state index contributed by atoms with van der Waals surface area (Å²) in [5.41, 5.74) is 0. The molecule has 0 aromatic heterocycles. The summed E-state index contributed by atoms with van der Waals surface area (Å²) in [6.45, 7) is 4.71. The van der Waals surface area contributed by atoms with E-state index in [1.54, 1.807) is 0 Å². The number of quaternary nitrogens is 1. The first-order chi connectivity index (χ1) is 30.6. The number of carboxylic acid groups (broad SMARTS) is 1. The van der Waals surface area contributed by atoms with E-state index in [1.165, 1.54) is 193 Å². The quantitative estimate of drug-likeness (QED) is 0.0259. The predicted molar refractivity (Wildman–Crippen MR) is 264 cm³/mol. The average molecular weight is 892 g/mol. The molecule has 0 aliphatic carbocycles. The van der Waals surface area contributed by atoms with Crippen molar-refractivity contribution in [1.82, 2.24) is 0 Å². The number of carbonyl (C=O) groups excluding carboxylic acids is 3. The van der Waals surface area contributed by atoms with Gasteiger partial charge in [0.15, 0.2) is 6.10 Å². The van der Waals surface area contributed by atoms with E-state index in [0.29, 0.717) is 12.8 Å². The highest BCUT2D eigenvalue weighted by Crippen LogP contribution is 2.17. The molecule has 8 heteroatoms. The number of likely N-dealkylation sites (N-methyl/N-ethyl adjacent to an activating group) is 1. The summed E-state index contributed by atoms with van der Waals surface area (Å²) in [5.74, 6) is -1.72. The lowest BCUT2D eigenvalue weighted by Gasteiger charge is -2.34. The molecule has 63 heavy (non-hydrogen) atoms. The van der Waals surface area contributed by atoms with E-state index in [9.17, 15) is 19.5 Å². The van der Waals surface area contributed by atoms with E-state index in [2.05, 4.69) is 26.0 Å². The molecule has 0 N–H and O–H groups in total. The van der Waals surface area contributed by atoms with Crippen LogP contribution in [0.5, 0.6) is 0 Å². The van der Waals surface area contributed by atoms with E-state index < -0.39 is 18.1 Å². The van der Waals surface area contributed by atoms with Crippen molar-refractivity contribution in [2.24, 2.45) is 0 Å². The van der Waals surface area contributed by atoms with Crippen molar-refractivity contribution in [1.29, 1.82) is 0 Å². The molecule has 0 saturated carbocycles. The van der Waals surface area contributed by atoms with Gasteiger partial charge >= 0.3 is 11.9 Å². The van der Waals surface area contributed by atoms with Crippen molar-refractivity contribution in [2.75, 3.05) is 41.0 Å². The summed E-state index contributed by atoms with van der Waals surface area (Å²) < 4.78 is 17.3. The van der Waals surface area contributed by atoms with E-state index >= 15 is 0 Å². The maximum atomic E-state index is 12.8. The highest BCUT2D eigenvalue weighted by atomic mass is 16.6. The third-order valence-corrected chi connectivity index (χ3v) is 12.7. The molecule has 8 nitrogen and oxygen atoms in total. The lowest BCUT2D eigenvalue weighted by Crippen LogP contribution is -2.55. The Morgan fingerprint density at radius 2 is 0.794 bits per heavy atom. The Balaban J connectivity index is 4.15. The molecule has 0 heterocycles. The minimum absolute atomic E-state index is 0.0445. The lowest BCUT2D eigenvalue weighted by molar-refractivity contribution is -0.889. The predicted octanol–water partition coefficient (Wildman–Crippen LogP) is 14.5. The maximum absolute atomic E-state index is 12.8. The maximum Gasteiger partial charge on any atom is 0.306 e. The van der Waals surface area contributed by atoms with Gasteiger partial charge in [-0.15, -0.1) is 0 Å². The van der Waals surface area contributed by atoms with Gasteiger partial charge in [-0.2, -0.15) is 0 Å². The van der Waals surface area contributed by atoms with Crippen LogP contribution in [0.1, 0.15) is 271 Å². The zero-order chi connectivity index (χ0) is 46.3. The molecule has 2 unspecified atom stereocenters. The van der Waals surface area contributed by atoms with Crippen molar-refractivity contribution < 1.29 is 38.2 Å². The molecule has 372 valence electrons. The zero-order valence-corrected chi connectivity index (χ0v) is 42.5. The molecule has 0 bridgehead atoms. The Kier molecular flexibility index (Phi) is 45.2. The van der Waals surface area contributed by atoms with E-state index in [4.69, 9.17) is 14.2 Å². The van der Waals surface area contributed by atoms with Crippen molar-refractivity contribution in [2.45, 2.75) is 283 Å². The van der Waals surface area contributed by atoms with Gasteiger partial charge in [0, 0.05) is 19.3 Å². The lowest BCUT2D eigenvalue weighted by atomic mass is 10.0. The molecule has 0 saturated heterocycles. The second-order valence-electron chi connectivity index (χ2n) is 19.8. The highest BCUT2D eigenvalue weighted by molar-refractivity contribution is 5.70. The summed E-state index contributed by atoms with van der Waals surface area (Å²) in [6.07, 6.45) is 52.5. The number of esters is 2. The average Bonchev–Trinajstić information content (AvgIpc) is 3.24. The normalized spacial score (nSPS) is 12.8. The van der Waals surface area contributed by atoms with Gasteiger partial charge in [-0.1, -0.05) is 225 Å². The monoisotopic (exact) mass is 892 g/mol. The Hall–Kier alpha value is -1.93. The van der Waals surface area contributed by atoms with Crippen LogP contribution in [-0.4, -0.2) is 75.5 Å². The fourth-order valence-electron chi connectivity index (χ4n) is 8.42. The van der Waals surface area contributed by atoms with Gasteiger partial charge in [0.25, 0.3) is 0 Å². The summed E-state index contributed by atoms with van der Waals surface area (Å²) >= 11 is 0. The molecule has 0 aromatic carbocycles. The topological polar surface area (TPSA) is 102 Å². The molecule has 0 amide bonds. The first-order valence-electron chi connectivity index (χ1n) is 27.2. The Bertz CT molecular complexity index is 1040. The minimum atomic E-state index is -1.12. The molecule has 0 radical (unpaired) electrons. The molecule has 0 fully saturated rings. The van der Waals surface area contributed by atoms with Crippen molar-refractivity contribution >= 4 is 17.9 Å². The number of aliphatic carboxylic acids is 1. The molecular weight excluding hydrogens is 787 g/mol. The van der Waals surface area contributed by atoms with Crippen LogP contribution in [0.2, 0.25) is 0 Å². The number of hydrogen-bond donors (Lipinski definition) is 0. The van der Waals surface area contributed by atoms with Gasteiger partial charge in [-0.05, 0) is 38.5 Å². The van der Waals surface area contributed by atoms with Crippen LogP contribution in [0.4, 0.5) is 0 Å². The van der Waals surface area contributed by atoms with Gasteiger partial charge in [0.05, 0.1) is 40.3 Å². The molecule has 0 aliphatic rings. The Morgan fingerprint density at radius 3 is 1.14 bits per heavy atom. The number of unbranched alkanes of at least 4 members (excludes halogenated alkanes) is 34. The van der Waals surface area contributed by atoms with Gasteiger partial charge in [-0.3, -0.25) is 9.59 Å². The van der Waals surface area contributed by atoms with Crippen molar-refractivity contribution in [3.8, 4) is 0 Å². The fraction of sp³-hybridized carbons (Fsp3) is 0.909. The Morgan fingerprint density at radius 1 is 0.460 bits per heavy atom. The first kappa shape index (κ1) is 61.1. The molecule has 0 aromatic rings. The van der Waals surface area contributed by atoms with Crippen molar-refractivity contribution in [3.63, 3.8) is 0 Å². The third kappa shape index (κ3) is 45.0. The number of allylic oxidation sites excluding steroid dienone is 2. The second kappa shape index (κ2) is 46.6. The van der Waals surface area contributed by atoms with Crippen LogP contribution in [0, 0.1) is 0 Å². The smallest absolute Gasteiger partial charge is 0.306 e. The molecular formula is C55H105NO7. The highest BCUT2D eigenvalue weighted by Gasteiger charge is 2.25. The number of rotatable bonds is 50. The van der Waals surface area contributed by atoms with Crippen LogP contribution < -0.4 is 5.11 Å². The van der Waals surface area contributed by atoms with E-state index in [1.807, 2.05) is 21.1 Å². The van der Waals surface area contributed by atoms with Gasteiger partial charge in [0.1, 0.15) is 12.6 Å². The molecule has 0 aliphatic heterocycles. The number of carbonyl (C=O) groups is 3. The number of ether oxygens (including phenoxy) is 3. The van der Waals surface area contributed by atoms with Crippen molar-refractivity contribution in [3.05, 3.63) is 12.2 Å². The van der Waals surface area contributed by atoms with Crippen LogP contribution >= 0.6 is 0 Å². The van der Waals surface area contributed by atoms with Crippen LogP contribution in [0.15, 0.2) is 12.2 Å². The van der Waals surface area contributed by atoms with Gasteiger partial charge in [-0.25, -0.2) is 0 Å². The second-order valence-corrected chi connectivity index (χ2v) is 19.8. The van der Waals surface area contributed by atoms with E-state index in [0.717, 1.165) is 44.9 Å². The molecule has 0 rings (SSSR count). The summed E-state index contributed by atoms with van der Waals surface area (Å²) in [4.78, 5) is 37.1. The largest absolute Gasteiger partial charge is 0.544 e.